The highest BCUT2D eigenvalue weighted by atomic mass is 16.3. The fourth-order valence-corrected chi connectivity index (χ4v) is 1.90. The van der Waals surface area contributed by atoms with Gasteiger partial charge in [0.15, 0.2) is 5.82 Å². The molecule has 2 aromatic rings. The number of nitrogens with zero attached hydrogens (tertiary/aromatic N) is 3. The summed E-state index contributed by atoms with van der Waals surface area (Å²) in [5.74, 6) is 1.59. The van der Waals surface area contributed by atoms with Crippen molar-refractivity contribution in [1.29, 1.82) is 0 Å². The number of amides is 2. The van der Waals surface area contributed by atoms with Crippen LogP contribution < -0.4 is 10.6 Å². The Balaban J connectivity index is 1.75. The first-order valence-electron chi connectivity index (χ1n) is 6.62. The van der Waals surface area contributed by atoms with Gasteiger partial charge in [-0.2, -0.15) is 0 Å². The number of hydrogen-bond acceptors (Lipinski definition) is 4. The highest BCUT2D eigenvalue weighted by molar-refractivity contribution is 5.74. The Morgan fingerprint density at radius 1 is 1.55 bits per heavy atom. The molecule has 0 fully saturated rings. The van der Waals surface area contributed by atoms with Crippen LogP contribution in [0.15, 0.2) is 29.1 Å². The van der Waals surface area contributed by atoms with Crippen molar-refractivity contribution in [3.05, 3.63) is 36.3 Å². The van der Waals surface area contributed by atoms with Crippen LogP contribution in [0.3, 0.4) is 0 Å². The molecule has 108 valence electrons. The number of nitrogens with one attached hydrogen (secondary N) is 2. The minimum atomic E-state index is -0.227. The quantitative estimate of drug-likeness (QED) is 0.834. The van der Waals surface area contributed by atoms with E-state index in [0.717, 1.165) is 18.1 Å². The molecule has 0 aliphatic heterocycles. The van der Waals surface area contributed by atoms with Crippen LogP contribution in [0.4, 0.5) is 4.79 Å². The summed E-state index contributed by atoms with van der Waals surface area (Å²) < 4.78 is 7.12. The van der Waals surface area contributed by atoms with Crippen molar-refractivity contribution in [1.82, 2.24) is 25.4 Å². The lowest BCUT2D eigenvalue weighted by molar-refractivity contribution is 0.236. The second kappa shape index (κ2) is 6.74. The number of hydrogen-bond donors (Lipinski definition) is 2. The summed E-state index contributed by atoms with van der Waals surface area (Å²) in [5, 5.41) is 13.4. The summed E-state index contributed by atoms with van der Waals surface area (Å²) in [5.41, 5.74) is 0. The number of carbonyl (C=O) groups excluding carboxylic acids is 1. The normalized spacial score (nSPS) is 12.1. The summed E-state index contributed by atoms with van der Waals surface area (Å²) in [6.07, 6.45) is 3.93. The van der Waals surface area contributed by atoms with Gasteiger partial charge in [0.25, 0.3) is 0 Å². The fraction of sp³-hybridized carbons (Fsp3) is 0.462. The first kappa shape index (κ1) is 14.1. The lowest BCUT2D eigenvalue weighted by atomic mass is 10.2. The van der Waals surface area contributed by atoms with Gasteiger partial charge in [-0.15, -0.1) is 10.2 Å². The van der Waals surface area contributed by atoms with E-state index in [4.69, 9.17) is 4.42 Å². The van der Waals surface area contributed by atoms with Crippen LogP contribution in [-0.2, 0) is 19.5 Å². The Hall–Kier alpha value is -2.31. The van der Waals surface area contributed by atoms with Gasteiger partial charge in [0.2, 0.25) is 0 Å². The zero-order valence-electron chi connectivity index (χ0n) is 11.7. The predicted molar refractivity (Wildman–Crippen MR) is 72.9 cm³/mol. The zero-order chi connectivity index (χ0) is 14.4. The third-order valence-electron chi connectivity index (χ3n) is 2.91. The molecule has 0 radical (unpaired) electrons. The molecule has 0 aromatic carbocycles. The Morgan fingerprint density at radius 3 is 3.10 bits per heavy atom. The van der Waals surface area contributed by atoms with E-state index >= 15 is 0 Å². The van der Waals surface area contributed by atoms with Crippen molar-refractivity contribution in [2.75, 3.05) is 0 Å². The SMILES string of the molecule is CCn1cnnc1CNC(=O)NC(C)Cc1ccco1. The van der Waals surface area contributed by atoms with Crippen molar-refractivity contribution in [3.63, 3.8) is 0 Å². The van der Waals surface area contributed by atoms with Crippen molar-refractivity contribution >= 4 is 6.03 Å². The molecule has 1 unspecified atom stereocenters. The van der Waals surface area contributed by atoms with Gasteiger partial charge >= 0.3 is 6.03 Å². The van der Waals surface area contributed by atoms with E-state index in [1.54, 1.807) is 12.6 Å². The minimum Gasteiger partial charge on any atom is -0.469 e. The molecule has 0 aliphatic carbocycles. The molecule has 0 spiro atoms. The van der Waals surface area contributed by atoms with Crippen LogP contribution in [-0.4, -0.2) is 26.8 Å². The molecule has 2 rings (SSSR count). The third-order valence-corrected chi connectivity index (χ3v) is 2.91. The summed E-state index contributed by atoms with van der Waals surface area (Å²) in [7, 11) is 0. The number of rotatable bonds is 6. The number of urea groups is 1. The highest BCUT2D eigenvalue weighted by Crippen LogP contribution is 2.03. The van der Waals surface area contributed by atoms with E-state index in [2.05, 4.69) is 20.8 Å². The molecule has 1 atom stereocenters. The van der Waals surface area contributed by atoms with Crippen molar-refractivity contribution < 1.29 is 9.21 Å². The molecule has 0 saturated carbocycles. The average Bonchev–Trinajstić information content (AvgIpc) is 3.06. The maximum atomic E-state index is 11.8. The number of aryl methyl sites for hydroxylation is 1. The fourth-order valence-electron chi connectivity index (χ4n) is 1.90. The highest BCUT2D eigenvalue weighted by Gasteiger charge is 2.10. The molecule has 2 aromatic heterocycles. The topological polar surface area (TPSA) is 85.0 Å². The van der Waals surface area contributed by atoms with E-state index in [1.807, 2.05) is 30.5 Å². The third kappa shape index (κ3) is 3.84. The van der Waals surface area contributed by atoms with Crippen LogP contribution in [0.5, 0.6) is 0 Å². The summed E-state index contributed by atoms with van der Waals surface area (Å²) in [4.78, 5) is 11.8. The number of aromatic nitrogens is 3. The molecular weight excluding hydrogens is 258 g/mol. The molecule has 0 saturated heterocycles. The van der Waals surface area contributed by atoms with E-state index in [-0.39, 0.29) is 12.1 Å². The van der Waals surface area contributed by atoms with E-state index in [9.17, 15) is 4.79 Å². The summed E-state index contributed by atoms with van der Waals surface area (Å²) in [6, 6.07) is 3.49. The van der Waals surface area contributed by atoms with E-state index < -0.39 is 0 Å². The van der Waals surface area contributed by atoms with Crippen LogP contribution in [0.25, 0.3) is 0 Å². The first-order valence-corrected chi connectivity index (χ1v) is 6.62. The monoisotopic (exact) mass is 277 g/mol. The van der Waals surface area contributed by atoms with Gasteiger partial charge in [-0.25, -0.2) is 4.79 Å². The molecule has 2 amide bonds. The smallest absolute Gasteiger partial charge is 0.315 e. The largest absolute Gasteiger partial charge is 0.469 e. The standard InChI is InChI=1S/C13H19N5O2/c1-3-18-9-15-17-12(18)8-14-13(19)16-10(2)7-11-5-4-6-20-11/h4-6,9-10H,3,7-8H2,1-2H3,(H2,14,16,19). The Morgan fingerprint density at radius 2 is 2.40 bits per heavy atom. The molecule has 2 heterocycles. The molecule has 7 nitrogen and oxygen atoms in total. The van der Waals surface area contributed by atoms with Gasteiger partial charge in [0.1, 0.15) is 12.1 Å². The first-order chi connectivity index (χ1) is 9.69. The summed E-state index contributed by atoms with van der Waals surface area (Å²) in [6.45, 7) is 5.06. The molecule has 0 aliphatic rings. The molecular formula is C13H19N5O2. The Kier molecular flexibility index (Phi) is 4.75. The number of furan rings is 1. The van der Waals surface area contributed by atoms with E-state index in [1.165, 1.54) is 0 Å². The average molecular weight is 277 g/mol. The molecule has 20 heavy (non-hydrogen) atoms. The lowest BCUT2D eigenvalue weighted by Crippen LogP contribution is -2.41. The second-order valence-electron chi connectivity index (χ2n) is 4.54. The number of carbonyl (C=O) groups is 1. The summed E-state index contributed by atoms with van der Waals surface area (Å²) >= 11 is 0. The molecule has 0 bridgehead atoms. The van der Waals surface area contributed by atoms with Crippen LogP contribution in [0, 0.1) is 0 Å². The lowest BCUT2D eigenvalue weighted by Gasteiger charge is -2.13. The van der Waals surface area contributed by atoms with Gasteiger partial charge in [0, 0.05) is 19.0 Å². The zero-order valence-corrected chi connectivity index (χ0v) is 11.7. The van der Waals surface area contributed by atoms with Crippen molar-refractivity contribution in [2.24, 2.45) is 0 Å². The molecule has 7 heteroatoms. The van der Waals surface area contributed by atoms with Crippen LogP contribution in [0.2, 0.25) is 0 Å². The van der Waals surface area contributed by atoms with Gasteiger partial charge in [-0.05, 0) is 26.0 Å². The maximum Gasteiger partial charge on any atom is 0.315 e. The van der Waals surface area contributed by atoms with Gasteiger partial charge < -0.3 is 19.6 Å². The van der Waals surface area contributed by atoms with Gasteiger partial charge in [-0.1, -0.05) is 0 Å². The minimum absolute atomic E-state index is 0.00908. The molecule has 2 N–H and O–H groups in total. The van der Waals surface area contributed by atoms with Crippen molar-refractivity contribution in [3.8, 4) is 0 Å². The Labute approximate surface area is 117 Å². The van der Waals surface area contributed by atoms with Crippen LogP contribution >= 0.6 is 0 Å². The van der Waals surface area contributed by atoms with E-state index in [0.29, 0.717) is 13.0 Å². The van der Waals surface area contributed by atoms with Gasteiger partial charge in [-0.3, -0.25) is 0 Å². The second-order valence-corrected chi connectivity index (χ2v) is 4.54. The van der Waals surface area contributed by atoms with Crippen molar-refractivity contribution in [2.45, 2.75) is 39.4 Å². The maximum absolute atomic E-state index is 11.8. The van der Waals surface area contributed by atoms with Gasteiger partial charge in [0.05, 0.1) is 12.8 Å². The predicted octanol–water partition coefficient (Wildman–Crippen LogP) is 1.32. The Bertz CT molecular complexity index is 535. The van der Waals surface area contributed by atoms with Crippen LogP contribution in [0.1, 0.15) is 25.4 Å².